The van der Waals surface area contributed by atoms with Crippen molar-refractivity contribution in [3.8, 4) is 0 Å². The third-order valence-electron chi connectivity index (χ3n) is 9.39. The number of carbonyl (C=O) groups is 2. The van der Waals surface area contributed by atoms with Crippen LogP contribution in [0.3, 0.4) is 0 Å². The van der Waals surface area contributed by atoms with Crippen LogP contribution >= 0.6 is 0 Å². The molecular weight excluding hydrogens is 372 g/mol. The minimum absolute atomic E-state index is 0.251. The Morgan fingerprint density at radius 3 is 1.87 bits per heavy atom. The lowest BCUT2D eigenvalue weighted by Gasteiger charge is -2.46. The molecule has 30 heavy (non-hydrogen) atoms. The second kappa shape index (κ2) is 9.61. The second-order valence-corrected chi connectivity index (χ2v) is 11.4. The molecule has 0 aromatic rings. The molecule has 0 aromatic heterocycles. The van der Waals surface area contributed by atoms with Gasteiger partial charge in [0.05, 0.1) is 0 Å². The fourth-order valence-corrected chi connectivity index (χ4v) is 6.95. The molecule has 4 fully saturated rings. The summed E-state index contributed by atoms with van der Waals surface area (Å²) in [5, 5.41) is 0. The molecule has 4 heteroatoms. The van der Waals surface area contributed by atoms with Crippen LogP contribution in [0.15, 0.2) is 0 Å². The molecule has 2 saturated carbocycles. The van der Waals surface area contributed by atoms with Gasteiger partial charge in [-0.2, -0.15) is 0 Å². The zero-order valence-corrected chi connectivity index (χ0v) is 19.5. The molecule has 2 aliphatic carbocycles. The fraction of sp³-hybridized carbons (Fsp3) is 0.923. The van der Waals surface area contributed by atoms with E-state index in [4.69, 9.17) is 0 Å². The summed E-state index contributed by atoms with van der Waals surface area (Å²) >= 11 is 0. The number of hydrogen-bond acceptors (Lipinski definition) is 2. The van der Waals surface area contributed by atoms with Gasteiger partial charge in [0.25, 0.3) is 0 Å². The van der Waals surface area contributed by atoms with E-state index in [9.17, 15) is 9.59 Å². The molecule has 0 bridgehead atoms. The van der Waals surface area contributed by atoms with E-state index in [-0.39, 0.29) is 5.91 Å². The lowest BCUT2D eigenvalue weighted by atomic mass is 9.64. The van der Waals surface area contributed by atoms with E-state index >= 15 is 0 Å². The first kappa shape index (κ1) is 22.1. The molecule has 170 valence electrons. The monoisotopic (exact) mass is 416 g/mol. The van der Waals surface area contributed by atoms with Crippen LogP contribution < -0.4 is 0 Å². The average Bonchev–Trinajstić information content (AvgIpc) is 2.76. The van der Waals surface area contributed by atoms with Gasteiger partial charge in [0.15, 0.2) is 0 Å². The molecular formula is C26H44N2O2. The smallest absolute Gasteiger partial charge is 0.225 e. The molecule has 0 unspecified atom stereocenters. The predicted octanol–water partition coefficient (Wildman–Crippen LogP) is 5.26. The highest BCUT2D eigenvalue weighted by Crippen LogP contribution is 2.48. The van der Waals surface area contributed by atoms with Crippen molar-refractivity contribution in [3.63, 3.8) is 0 Å². The molecule has 0 radical (unpaired) electrons. The first-order chi connectivity index (χ1) is 14.4. The summed E-state index contributed by atoms with van der Waals surface area (Å²) in [4.78, 5) is 28.8. The number of piperidine rings is 2. The van der Waals surface area contributed by atoms with E-state index in [0.717, 1.165) is 56.8 Å². The molecule has 2 saturated heterocycles. The van der Waals surface area contributed by atoms with Gasteiger partial charge in [-0.25, -0.2) is 0 Å². The van der Waals surface area contributed by atoms with Gasteiger partial charge >= 0.3 is 0 Å². The number of hydrogen-bond donors (Lipinski definition) is 0. The van der Waals surface area contributed by atoms with E-state index in [1.807, 2.05) is 4.90 Å². The van der Waals surface area contributed by atoms with Crippen molar-refractivity contribution >= 4 is 11.8 Å². The van der Waals surface area contributed by atoms with E-state index < -0.39 is 0 Å². The maximum atomic E-state index is 12.9. The normalized spacial score (nSPS) is 31.1. The Balaban J connectivity index is 1.16. The second-order valence-electron chi connectivity index (χ2n) is 11.4. The van der Waals surface area contributed by atoms with Crippen LogP contribution in [0.5, 0.6) is 0 Å². The van der Waals surface area contributed by atoms with Crippen LogP contribution in [0.2, 0.25) is 0 Å². The minimum Gasteiger partial charge on any atom is -0.343 e. The molecule has 4 rings (SSSR count). The van der Waals surface area contributed by atoms with Crippen molar-refractivity contribution in [2.75, 3.05) is 26.2 Å². The topological polar surface area (TPSA) is 40.6 Å². The van der Waals surface area contributed by atoms with Crippen molar-refractivity contribution in [2.24, 2.45) is 29.1 Å². The van der Waals surface area contributed by atoms with Crippen LogP contribution in [-0.4, -0.2) is 47.8 Å². The van der Waals surface area contributed by atoms with Gasteiger partial charge in [-0.05, 0) is 107 Å². The molecule has 0 atom stereocenters. The summed E-state index contributed by atoms with van der Waals surface area (Å²) in [6, 6.07) is 0. The van der Waals surface area contributed by atoms with Gasteiger partial charge in [0, 0.05) is 39.0 Å². The fourth-order valence-electron chi connectivity index (χ4n) is 6.95. The standard InChI is InChI=1S/C26H44N2O2/c1-20-3-5-24(6-4-20)25(30)28-15-9-23(10-16-28)19-22-7-11-26(12-8-22)13-17-27(18-14-26)21(2)29/h20,22-24H,3-19H2,1-2H3. The maximum absolute atomic E-state index is 12.9. The summed E-state index contributed by atoms with van der Waals surface area (Å²) in [7, 11) is 0. The van der Waals surface area contributed by atoms with Crippen molar-refractivity contribution in [1.29, 1.82) is 0 Å². The Bertz CT molecular complexity index is 584. The lowest BCUT2D eigenvalue weighted by Crippen LogP contribution is -2.44. The quantitative estimate of drug-likeness (QED) is 0.629. The number of carbonyl (C=O) groups excluding carboxylic acids is 2. The van der Waals surface area contributed by atoms with Crippen molar-refractivity contribution in [2.45, 2.75) is 97.3 Å². The Labute approximate surface area is 184 Å². The molecule has 0 aromatic carbocycles. The van der Waals surface area contributed by atoms with Gasteiger partial charge < -0.3 is 9.80 Å². The first-order valence-corrected chi connectivity index (χ1v) is 13.0. The van der Waals surface area contributed by atoms with Gasteiger partial charge in [0.1, 0.15) is 0 Å². The van der Waals surface area contributed by atoms with Gasteiger partial charge in [0.2, 0.25) is 11.8 Å². The lowest BCUT2D eigenvalue weighted by molar-refractivity contribution is -0.138. The highest BCUT2D eigenvalue weighted by atomic mass is 16.2. The Hall–Kier alpha value is -1.06. The first-order valence-electron chi connectivity index (χ1n) is 13.0. The zero-order valence-electron chi connectivity index (χ0n) is 19.5. The van der Waals surface area contributed by atoms with E-state index in [2.05, 4.69) is 11.8 Å². The Morgan fingerprint density at radius 2 is 1.30 bits per heavy atom. The number of amides is 2. The molecule has 2 amide bonds. The largest absolute Gasteiger partial charge is 0.343 e. The highest BCUT2D eigenvalue weighted by Gasteiger charge is 2.39. The number of rotatable bonds is 3. The van der Waals surface area contributed by atoms with E-state index in [1.54, 1.807) is 6.92 Å². The predicted molar refractivity (Wildman–Crippen MR) is 121 cm³/mol. The van der Waals surface area contributed by atoms with Crippen LogP contribution in [-0.2, 0) is 9.59 Å². The van der Waals surface area contributed by atoms with E-state index in [1.165, 1.54) is 70.6 Å². The molecule has 1 spiro atoms. The van der Waals surface area contributed by atoms with Crippen molar-refractivity contribution < 1.29 is 9.59 Å². The average molecular weight is 417 g/mol. The zero-order chi connectivity index (χ0) is 21.1. The molecule has 0 N–H and O–H groups in total. The van der Waals surface area contributed by atoms with Crippen LogP contribution in [0.4, 0.5) is 0 Å². The molecule has 2 aliphatic heterocycles. The van der Waals surface area contributed by atoms with Crippen molar-refractivity contribution in [3.05, 3.63) is 0 Å². The Kier molecular flexibility index (Phi) is 7.09. The Morgan fingerprint density at radius 1 is 0.733 bits per heavy atom. The molecule has 4 nitrogen and oxygen atoms in total. The van der Waals surface area contributed by atoms with Gasteiger partial charge in [-0.15, -0.1) is 0 Å². The summed E-state index contributed by atoms with van der Waals surface area (Å²) in [6.45, 7) is 8.01. The summed E-state index contributed by atoms with van der Waals surface area (Å²) in [5.74, 6) is 3.59. The number of nitrogens with zero attached hydrogens (tertiary/aromatic N) is 2. The van der Waals surface area contributed by atoms with Crippen LogP contribution in [0.1, 0.15) is 97.3 Å². The van der Waals surface area contributed by atoms with Crippen LogP contribution in [0, 0.1) is 29.1 Å². The van der Waals surface area contributed by atoms with Gasteiger partial charge in [-0.1, -0.05) is 6.92 Å². The van der Waals surface area contributed by atoms with Crippen LogP contribution in [0.25, 0.3) is 0 Å². The summed E-state index contributed by atoms with van der Waals surface area (Å²) in [6.07, 6.45) is 16.5. The summed E-state index contributed by atoms with van der Waals surface area (Å²) < 4.78 is 0. The molecule has 4 aliphatic rings. The van der Waals surface area contributed by atoms with Gasteiger partial charge in [-0.3, -0.25) is 9.59 Å². The van der Waals surface area contributed by atoms with Crippen molar-refractivity contribution in [1.82, 2.24) is 9.80 Å². The highest BCUT2D eigenvalue weighted by molar-refractivity contribution is 5.79. The van der Waals surface area contributed by atoms with E-state index in [0.29, 0.717) is 17.2 Å². The minimum atomic E-state index is 0.251. The third-order valence-corrected chi connectivity index (χ3v) is 9.39. The number of likely N-dealkylation sites (tertiary alicyclic amines) is 2. The maximum Gasteiger partial charge on any atom is 0.225 e. The summed E-state index contributed by atoms with van der Waals surface area (Å²) in [5.41, 5.74) is 0.537. The molecule has 2 heterocycles. The SMILES string of the molecule is CC(=O)N1CCC2(CCC(CC3CCN(C(=O)C4CCC(C)CC4)CC3)CC2)CC1. The third kappa shape index (κ3) is 5.22.